The summed E-state index contributed by atoms with van der Waals surface area (Å²) in [5.74, 6) is 0.578. The molecule has 0 aliphatic rings. The number of nitrogens with zero attached hydrogens (tertiary/aromatic N) is 2. The van der Waals surface area contributed by atoms with E-state index in [1.54, 1.807) is 25.3 Å². The van der Waals surface area contributed by atoms with E-state index in [-0.39, 0.29) is 11.2 Å². The highest BCUT2D eigenvalue weighted by molar-refractivity contribution is 5.89. The lowest BCUT2D eigenvalue weighted by Crippen LogP contribution is -2.21. The quantitative estimate of drug-likeness (QED) is 0.477. The molecule has 1 heterocycles. The van der Waals surface area contributed by atoms with E-state index in [1.165, 1.54) is 16.7 Å². The van der Waals surface area contributed by atoms with E-state index in [0.717, 1.165) is 0 Å². The number of hydrogen-bond donors (Lipinski definition) is 0. The summed E-state index contributed by atoms with van der Waals surface area (Å²) in [6.45, 7) is 6.03. The van der Waals surface area contributed by atoms with Crippen LogP contribution in [0.15, 0.2) is 47.6 Å². The Morgan fingerprint density at radius 1 is 1.40 bits per heavy atom. The Hall–Kier alpha value is -2.63. The third-order valence-electron chi connectivity index (χ3n) is 2.87. The largest absolute Gasteiger partial charge is 0.497 e. The second-order valence-corrected chi connectivity index (χ2v) is 4.36. The fourth-order valence-electron chi connectivity index (χ4n) is 1.96. The van der Waals surface area contributed by atoms with Gasteiger partial charge in [-0.05, 0) is 19.1 Å². The molecular formula is C14H14N2O4. The number of ether oxygens (including phenoxy) is 1. The lowest BCUT2D eigenvalue weighted by molar-refractivity contribution is -0.383. The highest BCUT2D eigenvalue weighted by atomic mass is 16.6. The van der Waals surface area contributed by atoms with Gasteiger partial charge in [0, 0.05) is 12.3 Å². The molecule has 0 saturated heterocycles. The molecule has 6 nitrogen and oxygen atoms in total. The molecule has 0 N–H and O–H groups in total. The van der Waals surface area contributed by atoms with E-state index in [4.69, 9.17) is 4.74 Å². The summed E-state index contributed by atoms with van der Waals surface area (Å²) in [6, 6.07) is 6.06. The molecule has 0 bridgehead atoms. The van der Waals surface area contributed by atoms with Crippen molar-refractivity contribution in [2.24, 2.45) is 0 Å². The van der Waals surface area contributed by atoms with Crippen LogP contribution in [0.5, 0.6) is 0 Å². The van der Waals surface area contributed by atoms with Gasteiger partial charge in [0.05, 0.1) is 28.0 Å². The summed E-state index contributed by atoms with van der Waals surface area (Å²) in [5, 5.41) is 11.6. The van der Waals surface area contributed by atoms with Crippen LogP contribution >= 0.6 is 0 Å². The number of benzene rings is 1. The standard InChI is InChI=1S/C14H14N2O4/c1-10(2)20-9-8-15-7-6-11-12(14(15)17)4-3-5-13(11)16(18)19/h3-7H,1,8-9H2,2H3. The summed E-state index contributed by atoms with van der Waals surface area (Å²) in [5.41, 5.74) is -0.332. The Balaban J connectivity index is 2.42. The first-order chi connectivity index (χ1) is 9.50. The molecule has 0 unspecified atom stereocenters. The van der Waals surface area contributed by atoms with Gasteiger partial charge in [-0.2, -0.15) is 0 Å². The number of nitro groups is 1. The summed E-state index contributed by atoms with van der Waals surface area (Å²) in [6.07, 6.45) is 1.54. The van der Waals surface area contributed by atoms with Gasteiger partial charge in [0.2, 0.25) is 0 Å². The smallest absolute Gasteiger partial charge is 0.277 e. The van der Waals surface area contributed by atoms with Gasteiger partial charge in [-0.1, -0.05) is 12.6 Å². The molecule has 1 aromatic heterocycles. The van der Waals surface area contributed by atoms with Crippen LogP contribution in [0.2, 0.25) is 0 Å². The van der Waals surface area contributed by atoms with Crippen LogP contribution < -0.4 is 5.56 Å². The molecule has 20 heavy (non-hydrogen) atoms. The number of pyridine rings is 1. The predicted molar refractivity (Wildman–Crippen MR) is 75.6 cm³/mol. The maximum atomic E-state index is 12.2. The van der Waals surface area contributed by atoms with E-state index in [1.807, 2.05) is 0 Å². The maximum Gasteiger partial charge on any atom is 0.277 e. The average molecular weight is 274 g/mol. The molecule has 0 radical (unpaired) electrons. The molecular weight excluding hydrogens is 260 g/mol. The Labute approximate surface area is 115 Å². The van der Waals surface area contributed by atoms with Crippen molar-refractivity contribution >= 4 is 16.5 Å². The SMILES string of the molecule is C=C(C)OCCn1ccc2c([N+](=O)[O-])cccc2c1=O. The van der Waals surface area contributed by atoms with Crippen LogP contribution in [0.1, 0.15) is 6.92 Å². The van der Waals surface area contributed by atoms with E-state index in [0.29, 0.717) is 29.7 Å². The number of hydrogen-bond acceptors (Lipinski definition) is 4. The Morgan fingerprint density at radius 3 is 2.80 bits per heavy atom. The summed E-state index contributed by atoms with van der Waals surface area (Å²) < 4.78 is 6.68. The van der Waals surface area contributed by atoms with Crippen LogP contribution in [0.3, 0.4) is 0 Å². The number of rotatable bonds is 5. The minimum atomic E-state index is -0.490. The van der Waals surface area contributed by atoms with Gasteiger partial charge in [-0.15, -0.1) is 0 Å². The molecule has 0 spiro atoms. The second kappa shape index (κ2) is 5.56. The van der Waals surface area contributed by atoms with Crippen molar-refractivity contribution in [2.75, 3.05) is 6.61 Å². The monoisotopic (exact) mass is 274 g/mol. The average Bonchev–Trinajstić information content (AvgIpc) is 2.40. The lowest BCUT2D eigenvalue weighted by atomic mass is 10.1. The molecule has 0 fully saturated rings. The molecule has 0 aliphatic heterocycles. The fourth-order valence-corrected chi connectivity index (χ4v) is 1.96. The first-order valence-corrected chi connectivity index (χ1v) is 6.05. The van der Waals surface area contributed by atoms with Crippen molar-refractivity contribution in [1.29, 1.82) is 0 Å². The van der Waals surface area contributed by atoms with Crippen LogP contribution in [-0.4, -0.2) is 16.1 Å². The summed E-state index contributed by atoms with van der Waals surface area (Å²) >= 11 is 0. The van der Waals surface area contributed by atoms with Crippen LogP contribution in [0.4, 0.5) is 5.69 Å². The van der Waals surface area contributed by atoms with Gasteiger partial charge >= 0.3 is 0 Å². The van der Waals surface area contributed by atoms with Crippen molar-refractivity contribution in [3.63, 3.8) is 0 Å². The van der Waals surface area contributed by atoms with Crippen LogP contribution in [0, 0.1) is 10.1 Å². The minimum absolute atomic E-state index is 0.0649. The maximum absolute atomic E-state index is 12.2. The summed E-state index contributed by atoms with van der Waals surface area (Å²) in [4.78, 5) is 22.7. The molecule has 0 amide bonds. The van der Waals surface area contributed by atoms with E-state index in [2.05, 4.69) is 6.58 Å². The zero-order valence-electron chi connectivity index (χ0n) is 11.0. The third-order valence-corrected chi connectivity index (χ3v) is 2.87. The Kier molecular flexibility index (Phi) is 3.84. The van der Waals surface area contributed by atoms with Crippen molar-refractivity contribution in [2.45, 2.75) is 13.5 Å². The topological polar surface area (TPSA) is 74.4 Å². The number of nitro benzene ring substituents is 1. The second-order valence-electron chi connectivity index (χ2n) is 4.36. The van der Waals surface area contributed by atoms with Gasteiger partial charge in [-0.25, -0.2) is 0 Å². The Morgan fingerprint density at radius 2 is 2.15 bits per heavy atom. The predicted octanol–water partition coefficient (Wildman–Crippen LogP) is 2.46. The van der Waals surface area contributed by atoms with E-state index < -0.39 is 4.92 Å². The van der Waals surface area contributed by atoms with Crippen molar-refractivity contribution in [1.82, 2.24) is 4.57 Å². The fraction of sp³-hybridized carbons (Fsp3) is 0.214. The van der Waals surface area contributed by atoms with Gasteiger partial charge in [-0.3, -0.25) is 14.9 Å². The van der Waals surface area contributed by atoms with Crippen molar-refractivity contribution in [3.8, 4) is 0 Å². The number of non-ortho nitro benzene ring substituents is 1. The highest BCUT2D eigenvalue weighted by Gasteiger charge is 2.13. The lowest BCUT2D eigenvalue weighted by Gasteiger charge is -2.08. The number of fused-ring (bicyclic) bond motifs is 1. The highest BCUT2D eigenvalue weighted by Crippen LogP contribution is 2.22. The third kappa shape index (κ3) is 2.69. The molecule has 0 atom stereocenters. The minimum Gasteiger partial charge on any atom is -0.497 e. The number of allylic oxidation sites excluding steroid dienone is 1. The molecule has 6 heteroatoms. The first kappa shape index (κ1) is 13.8. The molecule has 2 aromatic rings. The first-order valence-electron chi connectivity index (χ1n) is 6.05. The zero-order chi connectivity index (χ0) is 14.7. The van der Waals surface area contributed by atoms with Crippen molar-refractivity contribution in [3.05, 3.63) is 63.3 Å². The molecule has 1 aromatic carbocycles. The van der Waals surface area contributed by atoms with E-state index >= 15 is 0 Å². The van der Waals surface area contributed by atoms with Gasteiger partial charge in [0.15, 0.2) is 0 Å². The molecule has 0 saturated carbocycles. The molecule has 104 valence electrons. The zero-order valence-corrected chi connectivity index (χ0v) is 11.0. The van der Waals surface area contributed by atoms with Gasteiger partial charge < -0.3 is 9.30 Å². The molecule has 0 aliphatic carbocycles. The number of aromatic nitrogens is 1. The molecule has 2 rings (SSSR count). The van der Waals surface area contributed by atoms with Crippen LogP contribution in [0.25, 0.3) is 10.8 Å². The summed E-state index contributed by atoms with van der Waals surface area (Å²) in [7, 11) is 0. The van der Waals surface area contributed by atoms with Gasteiger partial charge in [0.25, 0.3) is 11.2 Å². The normalized spacial score (nSPS) is 10.4. The van der Waals surface area contributed by atoms with Gasteiger partial charge in [0.1, 0.15) is 6.61 Å². The van der Waals surface area contributed by atoms with Crippen LogP contribution in [-0.2, 0) is 11.3 Å². The van der Waals surface area contributed by atoms with Crippen molar-refractivity contribution < 1.29 is 9.66 Å². The Bertz CT molecular complexity index is 734. The van der Waals surface area contributed by atoms with E-state index in [9.17, 15) is 14.9 Å².